The first-order valence-corrected chi connectivity index (χ1v) is 8.69. The Morgan fingerprint density at radius 2 is 1.80 bits per heavy atom. The van der Waals surface area contributed by atoms with Gasteiger partial charge in [-0.25, -0.2) is 0 Å². The van der Waals surface area contributed by atoms with Crippen LogP contribution in [0.15, 0.2) is 0 Å². The van der Waals surface area contributed by atoms with E-state index in [0.717, 1.165) is 18.6 Å². The lowest BCUT2D eigenvalue weighted by molar-refractivity contribution is -0.145. The number of carbonyl (C=O) groups excluding carboxylic acids is 1. The number of aliphatic hydroxyl groups is 2. The van der Waals surface area contributed by atoms with Crippen molar-refractivity contribution in [2.45, 2.75) is 63.7 Å². The number of thioether (sulfide) groups is 1. The van der Waals surface area contributed by atoms with Gasteiger partial charge in [-0.05, 0) is 37.7 Å². The molecule has 5 nitrogen and oxygen atoms in total. The SMILES string of the molecule is CCCCC(O)C(O)CCCOC(=O)C(N)CCSC. The minimum absolute atomic E-state index is 0.239. The molecule has 4 N–H and O–H groups in total. The number of esters is 1. The van der Waals surface area contributed by atoms with Gasteiger partial charge in [0.25, 0.3) is 0 Å². The Morgan fingerprint density at radius 1 is 1.20 bits per heavy atom. The summed E-state index contributed by atoms with van der Waals surface area (Å²) in [4.78, 5) is 11.5. The van der Waals surface area contributed by atoms with Crippen molar-refractivity contribution in [3.05, 3.63) is 0 Å². The molecule has 3 atom stereocenters. The second-order valence-electron chi connectivity index (χ2n) is 4.97. The van der Waals surface area contributed by atoms with Crippen LogP contribution < -0.4 is 5.73 Å². The average molecular weight is 307 g/mol. The van der Waals surface area contributed by atoms with Gasteiger partial charge in [-0.15, -0.1) is 0 Å². The third kappa shape index (κ3) is 9.58. The van der Waals surface area contributed by atoms with Crippen LogP contribution in [-0.2, 0) is 9.53 Å². The first-order chi connectivity index (χ1) is 9.52. The summed E-state index contributed by atoms with van der Waals surface area (Å²) in [6.45, 7) is 2.28. The van der Waals surface area contributed by atoms with E-state index in [0.29, 0.717) is 25.7 Å². The van der Waals surface area contributed by atoms with E-state index in [1.807, 2.05) is 13.2 Å². The highest BCUT2D eigenvalue weighted by Crippen LogP contribution is 2.10. The zero-order valence-electron chi connectivity index (χ0n) is 12.6. The summed E-state index contributed by atoms with van der Waals surface area (Å²) in [7, 11) is 0. The monoisotopic (exact) mass is 307 g/mol. The fraction of sp³-hybridized carbons (Fsp3) is 0.929. The van der Waals surface area contributed by atoms with E-state index in [-0.39, 0.29) is 12.6 Å². The van der Waals surface area contributed by atoms with Crippen LogP contribution >= 0.6 is 11.8 Å². The molecular weight excluding hydrogens is 278 g/mol. The zero-order valence-corrected chi connectivity index (χ0v) is 13.4. The van der Waals surface area contributed by atoms with Gasteiger partial charge >= 0.3 is 5.97 Å². The van der Waals surface area contributed by atoms with E-state index < -0.39 is 18.2 Å². The van der Waals surface area contributed by atoms with Gasteiger partial charge in [-0.2, -0.15) is 11.8 Å². The van der Waals surface area contributed by atoms with Crippen molar-refractivity contribution < 1.29 is 19.7 Å². The normalized spacial score (nSPS) is 15.7. The van der Waals surface area contributed by atoms with Crippen LogP contribution in [0.25, 0.3) is 0 Å². The van der Waals surface area contributed by atoms with Crippen LogP contribution in [0.3, 0.4) is 0 Å². The molecule has 0 rings (SSSR count). The number of aliphatic hydroxyl groups excluding tert-OH is 2. The largest absolute Gasteiger partial charge is 0.465 e. The van der Waals surface area contributed by atoms with E-state index in [2.05, 4.69) is 0 Å². The van der Waals surface area contributed by atoms with Crippen LogP contribution in [0.4, 0.5) is 0 Å². The van der Waals surface area contributed by atoms with E-state index in [4.69, 9.17) is 10.5 Å². The zero-order chi connectivity index (χ0) is 15.4. The number of unbranched alkanes of at least 4 members (excludes halogenated alkanes) is 1. The molecule has 0 amide bonds. The topological polar surface area (TPSA) is 92.8 Å². The smallest absolute Gasteiger partial charge is 0.322 e. The molecule has 0 bridgehead atoms. The summed E-state index contributed by atoms with van der Waals surface area (Å²) in [5.41, 5.74) is 5.67. The molecule has 0 aliphatic rings. The number of hydrogen-bond acceptors (Lipinski definition) is 6. The quantitative estimate of drug-likeness (QED) is 0.372. The first kappa shape index (κ1) is 19.7. The van der Waals surface area contributed by atoms with Gasteiger partial charge in [0, 0.05) is 0 Å². The molecule has 3 unspecified atom stereocenters. The van der Waals surface area contributed by atoms with Crippen LogP contribution in [-0.4, -0.2) is 53.0 Å². The second kappa shape index (κ2) is 12.4. The number of carbonyl (C=O) groups is 1. The molecule has 120 valence electrons. The lowest BCUT2D eigenvalue weighted by atomic mass is 10.0. The van der Waals surface area contributed by atoms with Gasteiger partial charge < -0.3 is 20.7 Å². The maximum Gasteiger partial charge on any atom is 0.322 e. The summed E-state index contributed by atoms with van der Waals surface area (Å²) >= 11 is 1.64. The second-order valence-corrected chi connectivity index (χ2v) is 5.96. The minimum atomic E-state index is -0.745. The molecule has 0 aromatic carbocycles. The predicted molar refractivity (Wildman–Crippen MR) is 82.7 cm³/mol. The highest BCUT2D eigenvalue weighted by Gasteiger charge is 2.17. The molecule has 0 saturated heterocycles. The molecule has 0 aliphatic carbocycles. The highest BCUT2D eigenvalue weighted by molar-refractivity contribution is 7.98. The molecule has 20 heavy (non-hydrogen) atoms. The molecule has 0 aromatic heterocycles. The van der Waals surface area contributed by atoms with E-state index in [1.165, 1.54) is 0 Å². The van der Waals surface area contributed by atoms with Crippen molar-refractivity contribution >= 4 is 17.7 Å². The Bertz CT molecular complexity index is 253. The van der Waals surface area contributed by atoms with Crippen molar-refractivity contribution in [3.8, 4) is 0 Å². The maximum absolute atomic E-state index is 11.5. The number of hydrogen-bond donors (Lipinski definition) is 3. The van der Waals surface area contributed by atoms with Crippen molar-refractivity contribution in [2.75, 3.05) is 18.6 Å². The molecule has 0 aromatic rings. The van der Waals surface area contributed by atoms with Crippen molar-refractivity contribution in [1.82, 2.24) is 0 Å². The average Bonchev–Trinajstić information content (AvgIpc) is 2.45. The van der Waals surface area contributed by atoms with Gasteiger partial charge in [-0.3, -0.25) is 4.79 Å². The molecule has 6 heteroatoms. The molecule has 0 radical (unpaired) electrons. The summed E-state index contributed by atoms with van der Waals surface area (Å²) in [5, 5.41) is 19.4. The van der Waals surface area contributed by atoms with Crippen LogP contribution in [0.5, 0.6) is 0 Å². The first-order valence-electron chi connectivity index (χ1n) is 7.30. The molecule has 0 aliphatic heterocycles. The number of ether oxygens (including phenoxy) is 1. The lowest BCUT2D eigenvalue weighted by Gasteiger charge is -2.17. The highest BCUT2D eigenvalue weighted by atomic mass is 32.2. The number of nitrogens with two attached hydrogens (primary N) is 1. The molecular formula is C14H29NO4S. The fourth-order valence-corrected chi connectivity index (χ4v) is 2.22. The summed E-state index contributed by atoms with van der Waals surface area (Å²) < 4.78 is 5.05. The van der Waals surface area contributed by atoms with E-state index >= 15 is 0 Å². The van der Waals surface area contributed by atoms with Gasteiger partial charge in [0.1, 0.15) is 6.04 Å². The van der Waals surface area contributed by atoms with Gasteiger partial charge in [-0.1, -0.05) is 19.8 Å². The van der Waals surface area contributed by atoms with Crippen molar-refractivity contribution in [1.29, 1.82) is 0 Å². The Morgan fingerprint density at radius 3 is 2.35 bits per heavy atom. The third-order valence-corrected chi connectivity index (χ3v) is 3.77. The Kier molecular flexibility index (Phi) is 12.3. The fourth-order valence-electron chi connectivity index (χ4n) is 1.73. The van der Waals surface area contributed by atoms with E-state index in [1.54, 1.807) is 11.8 Å². The third-order valence-electron chi connectivity index (χ3n) is 3.12. The van der Waals surface area contributed by atoms with Gasteiger partial charge in [0.2, 0.25) is 0 Å². The molecule has 0 fully saturated rings. The maximum atomic E-state index is 11.5. The predicted octanol–water partition coefficient (Wildman–Crippen LogP) is 1.30. The molecule has 0 spiro atoms. The molecule has 0 heterocycles. The van der Waals surface area contributed by atoms with Gasteiger partial charge in [0.15, 0.2) is 0 Å². The Hall–Kier alpha value is -0.300. The van der Waals surface area contributed by atoms with Crippen molar-refractivity contribution in [2.24, 2.45) is 5.73 Å². The summed E-state index contributed by atoms with van der Waals surface area (Å²) in [6, 6.07) is -0.567. The summed E-state index contributed by atoms with van der Waals surface area (Å²) in [6.07, 6.45) is 4.61. The van der Waals surface area contributed by atoms with Crippen LogP contribution in [0, 0.1) is 0 Å². The molecule has 0 saturated carbocycles. The standard InChI is InChI=1S/C14H29NO4S/c1-3-4-6-12(16)13(17)7-5-9-19-14(18)11(15)8-10-20-2/h11-13,16-17H,3-10,15H2,1-2H3. The summed E-state index contributed by atoms with van der Waals surface area (Å²) in [5.74, 6) is 0.443. The minimum Gasteiger partial charge on any atom is -0.465 e. The Balaban J connectivity index is 3.66. The van der Waals surface area contributed by atoms with Gasteiger partial charge in [0.05, 0.1) is 18.8 Å². The van der Waals surface area contributed by atoms with Crippen molar-refractivity contribution in [3.63, 3.8) is 0 Å². The Labute approximate surface area is 126 Å². The number of rotatable bonds is 12. The lowest BCUT2D eigenvalue weighted by Crippen LogP contribution is -2.33. The van der Waals surface area contributed by atoms with Crippen LogP contribution in [0.1, 0.15) is 45.4 Å². The van der Waals surface area contributed by atoms with E-state index in [9.17, 15) is 15.0 Å². The van der Waals surface area contributed by atoms with Crippen LogP contribution in [0.2, 0.25) is 0 Å².